The largest absolute Gasteiger partial charge is 0.871 e. The van der Waals surface area contributed by atoms with Crippen LogP contribution in [0, 0.1) is 0 Å². The first-order valence-corrected chi connectivity index (χ1v) is 5.96. The summed E-state index contributed by atoms with van der Waals surface area (Å²) in [7, 11) is 0. The molecule has 0 saturated carbocycles. The van der Waals surface area contributed by atoms with Crippen LogP contribution in [0.2, 0.25) is 0 Å². The Morgan fingerprint density at radius 3 is 2.33 bits per heavy atom. The highest BCUT2D eigenvalue weighted by atomic mass is 16.4. The van der Waals surface area contributed by atoms with Gasteiger partial charge in [0, 0.05) is 23.1 Å². The summed E-state index contributed by atoms with van der Waals surface area (Å²) < 4.78 is 5.00. The van der Waals surface area contributed by atoms with E-state index in [2.05, 4.69) is 0 Å². The Bertz CT molecular complexity index is 910. The molecule has 0 unspecified atom stereocenters. The van der Waals surface area contributed by atoms with Crippen LogP contribution >= 0.6 is 0 Å². The molecule has 6 nitrogen and oxygen atoms in total. The molecule has 3 N–H and O–H groups in total. The standard InChI is InChI=1S/C15H10O6/c16-7-1-3-9(11(18)5-7)13-14(19)10-4-2-8(17)6-12(10)21-15(13)20/h1-6,16-19H/p-1. The van der Waals surface area contributed by atoms with E-state index in [1.807, 2.05) is 0 Å². The third-order valence-corrected chi connectivity index (χ3v) is 3.09. The molecule has 1 aromatic heterocycles. The molecule has 0 spiro atoms. The van der Waals surface area contributed by atoms with Crippen molar-refractivity contribution in [3.63, 3.8) is 0 Å². The van der Waals surface area contributed by atoms with E-state index in [1.54, 1.807) is 0 Å². The van der Waals surface area contributed by atoms with Gasteiger partial charge in [-0.15, -0.1) is 0 Å². The van der Waals surface area contributed by atoms with Gasteiger partial charge >= 0.3 is 5.63 Å². The SMILES string of the molecule is O=c1oc2cc(O)ccc2c([O-])c1-c1ccc(O)cc1O. The minimum atomic E-state index is -0.931. The van der Waals surface area contributed by atoms with Crippen LogP contribution in [0.1, 0.15) is 0 Å². The number of rotatable bonds is 1. The molecule has 0 aliphatic heterocycles. The van der Waals surface area contributed by atoms with Gasteiger partial charge in [-0.05, 0) is 24.3 Å². The Morgan fingerprint density at radius 1 is 0.952 bits per heavy atom. The molecular weight excluding hydrogens is 276 g/mol. The van der Waals surface area contributed by atoms with Gasteiger partial charge in [-0.25, -0.2) is 4.79 Å². The lowest BCUT2D eigenvalue weighted by molar-refractivity contribution is -0.265. The summed E-state index contributed by atoms with van der Waals surface area (Å²) in [6.45, 7) is 0. The first-order chi connectivity index (χ1) is 9.97. The third kappa shape index (κ3) is 2.02. The van der Waals surface area contributed by atoms with Gasteiger partial charge in [0.2, 0.25) is 0 Å². The zero-order valence-electron chi connectivity index (χ0n) is 10.5. The van der Waals surface area contributed by atoms with Crippen molar-refractivity contribution in [2.75, 3.05) is 0 Å². The fourth-order valence-corrected chi connectivity index (χ4v) is 2.13. The third-order valence-electron chi connectivity index (χ3n) is 3.09. The number of aromatic hydroxyl groups is 3. The Hall–Kier alpha value is -3.15. The molecule has 106 valence electrons. The molecule has 3 aromatic rings. The number of fused-ring (bicyclic) bond motifs is 1. The number of hydrogen-bond donors (Lipinski definition) is 3. The first kappa shape index (κ1) is 12.9. The molecule has 0 fully saturated rings. The van der Waals surface area contributed by atoms with Crippen molar-refractivity contribution in [3.05, 3.63) is 46.8 Å². The number of hydrogen-bond acceptors (Lipinski definition) is 6. The maximum atomic E-state index is 12.4. The van der Waals surface area contributed by atoms with Crippen LogP contribution in [0.4, 0.5) is 0 Å². The number of phenolic OH excluding ortho intramolecular Hbond substituents is 3. The van der Waals surface area contributed by atoms with Crippen LogP contribution < -0.4 is 10.7 Å². The zero-order valence-corrected chi connectivity index (χ0v) is 10.5. The van der Waals surface area contributed by atoms with Gasteiger partial charge < -0.3 is 24.8 Å². The normalized spacial score (nSPS) is 10.9. The zero-order chi connectivity index (χ0) is 15.1. The van der Waals surface area contributed by atoms with Crippen molar-refractivity contribution < 1.29 is 24.8 Å². The van der Waals surface area contributed by atoms with Gasteiger partial charge in [0.25, 0.3) is 0 Å². The lowest BCUT2D eigenvalue weighted by Crippen LogP contribution is -2.08. The molecule has 1 heterocycles. The molecular formula is C15H9O6-. The van der Waals surface area contributed by atoms with Crippen molar-refractivity contribution in [2.24, 2.45) is 0 Å². The fraction of sp³-hybridized carbons (Fsp3) is 0. The summed E-state index contributed by atoms with van der Waals surface area (Å²) in [5.74, 6) is -1.36. The second kappa shape index (κ2) is 4.45. The van der Waals surface area contributed by atoms with Crippen molar-refractivity contribution in [1.29, 1.82) is 0 Å². The van der Waals surface area contributed by atoms with Crippen LogP contribution in [-0.2, 0) is 0 Å². The van der Waals surface area contributed by atoms with Gasteiger partial charge in [0.1, 0.15) is 22.8 Å². The van der Waals surface area contributed by atoms with E-state index in [1.165, 1.54) is 30.3 Å². The van der Waals surface area contributed by atoms with Gasteiger partial charge in [-0.3, -0.25) is 0 Å². The van der Waals surface area contributed by atoms with Crippen LogP contribution in [0.3, 0.4) is 0 Å². The highest BCUT2D eigenvalue weighted by Crippen LogP contribution is 2.37. The Balaban J connectivity index is 2.38. The predicted octanol–water partition coefficient (Wildman–Crippen LogP) is 1.65. The molecule has 0 bridgehead atoms. The first-order valence-electron chi connectivity index (χ1n) is 5.96. The number of phenols is 3. The molecule has 0 atom stereocenters. The summed E-state index contributed by atoms with van der Waals surface area (Å²) in [5.41, 5.74) is -1.32. The average Bonchev–Trinajstić information content (AvgIpc) is 2.40. The van der Waals surface area contributed by atoms with Gasteiger partial charge in [0.05, 0.1) is 5.56 Å². The maximum Gasteiger partial charge on any atom is 0.343 e. The summed E-state index contributed by atoms with van der Waals surface area (Å²) in [6, 6.07) is 7.31. The molecule has 0 aliphatic rings. The van der Waals surface area contributed by atoms with E-state index >= 15 is 0 Å². The highest BCUT2D eigenvalue weighted by Gasteiger charge is 2.14. The van der Waals surface area contributed by atoms with Crippen LogP contribution in [0.15, 0.2) is 45.6 Å². The van der Waals surface area contributed by atoms with E-state index < -0.39 is 17.1 Å². The summed E-state index contributed by atoms with van der Waals surface area (Å²) in [6.07, 6.45) is 0. The van der Waals surface area contributed by atoms with Crippen molar-refractivity contribution in [2.45, 2.75) is 0 Å². The molecule has 2 aromatic carbocycles. The van der Waals surface area contributed by atoms with E-state index in [4.69, 9.17) is 4.42 Å². The quantitative estimate of drug-likeness (QED) is 0.586. The Kier molecular flexibility index (Phi) is 2.72. The van der Waals surface area contributed by atoms with Crippen LogP contribution in [0.5, 0.6) is 23.0 Å². The van der Waals surface area contributed by atoms with Crippen molar-refractivity contribution >= 4 is 11.0 Å². The molecule has 21 heavy (non-hydrogen) atoms. The molecule has 0 radical (unpaired) electrons. The average molecular weight is 285 g/mol. The smallest absolute Gasteiger partial charge is 0.343 e. The van der Waals surface area contributed by atoms with Crippen LogP contribution in [-0.4, -0.2) is 15.3 Å². The molecule has 0 amide bonds. The van der Waals surface area contributed by atoms with E-state index in [9.17, 15) is 25.2 Å². The molecule has 0 aliphatic carbocycles. The highest BCUT2D eigenvalue weighted by molar-refractivity contribution is 5.91. The van der Waals surface area contributed by atoms with E-state index in [-0.39, 0.29) is 33.6 Å². The van der Waals surface area contributed by atoms with Crippen molar-refractivity contribution in [1.82, 2.24) is 0 Å². The van der Waals surface area contributed by atoms with Gasteiger partial charge in [-0.2, -0.15) is 0 Å². The summed E-state index contributed by atoms with van der Waals surface area (Å²) in [4.78, 5) is 12.0. The Labute approximate surface area is 117 Å². The van der Waals surface area contributed by atoms with Crippen molar-refractivity contribution in [3.8, 4) is 34.1 Å². The minimum absolute atomic E-state index is 0.0264. The minimum Gasteiger partial charge on any atom is -0.871 e. The van der Waals surface area contributed by atoms with Gasteiger partial charge in [-0.1, -0.05) is 5.75 Å². The van der Waals surface area contributed by atoms with E-state index in [0.717, 1.165) is 6.07 Å². The second-order valence-corrected chi connectivity index (χ2v) is 4.48. The summed E-state index contributed by atoms with van der Waals surface area (Å²) in [5, 5.41) is 40.9. The number of benzene rings is 2. The maximum absolute atomic E-state index is 12.4. The van der Waals surface area contributed by atoms with E-state index in [0.29, 0.717) is 0 Å². The topological polar surface area (TPSA) is 114 Å². The lowest BCUT2D eigenvalue weighted by Gasteiger charge is -2.16. The lowest BCUT2D eigenvalue weighted by atomic mass is 10.0. The predicted molar refractivity (Wildman–Crippen MR) is 72.4 cm³/mol. The molecule has 6 heteroatoms. The van der Waals surface area contributed by atoms with Gasteiger partial charge in [0.15, 0.2) is 0 Å². The second-order valence-electron chi connectivity index (χ2n) is 4.48. The summed E-state index contributed by atoms with van der Waals surface area (Å²) >= 11 is 0. The Morgan fingerprint density at radius 2 is 1.62 bits per heavy atom. The van der Waals surface area contributed by atoms with Crippen LogP contribution in [0.25, 0.3) is 22.1 Å². The molecule has 0 saturated heterocycles. The monoisotopic (exact) mass is 285 g/mol. The molecule has 3 rings (SSSR count). The fourth-order valence-electron chi connectivity index (χ4n) is 2.13.